The topological polar surface area (TPSA) is 35.1 Å². The van der Waals surface area contributed by atoms with Gasteiger partial charge in [-0.1, -0.05) is 38.1 Å². The van der Waals surface area contributed by atoms with Crippen LogP contribution in [0.15, 0.2) is 42.5 Å². The summed E-state index contributed by atoms with van der Waals surface area (Å²) in [5.74, 6) is 2.31. The maximum atomic E-state index is 5.40. The van der Waals surface area contributed by atoms with Crippen LogP contribution in [0.25, 0.3) is 0 Å². The third-order valence-corrected chi connectivity index (χ3v) is 3.84. The van der Waals surface area contributed by atoms with E-state index in [1.54, 1.807) is 0 Å². The lowest BCUT2D eigenvalue weighted by Gasteiger charge is -2.07. The SMILES string of the molecule is CC(C)c1ccc(C[NH2+]Cc2ccc3c(c2)OCO3)cc1. The Bertz CT molecular complexity index is 605. The number of quaternary nitrogens is 1. The summed E-state index contributed by atoms with van der Waals surface area (Å²) in [5.41, 5.74) is 4.02. The summed E-state index contributed by atoms with van der Waals surface area (Å²) in [6.07, 6.45) is 0. The van der Waals surface area contributed by atoms with E-state index < -0.39 is 0 Å². The van der Waals surface area contributed by atoms with Crippen molar-refractivity contribution in [2.45, 2.75) is 32.9 Å². The summed E-state index contributed by atoms with van der Waals surface area (Å²) in [6, 6.07) is 15.1. The fraction of sp³-hybridized carbons (Fsp3) is 0.333. The quantitative estimate of drug-likeness (QED) is 0.916. The van der Waals surface area contributed by atoms with Crippen LogP contribution in [0, 0.1) is 0 Å². The number of nitrogens with two attached hydrogens (primary N) is 1. The standard InChI is InChI=1S/C18H21NO2/c1-13(2)16-6-3-14(4-7-16)10-19-11-15-5-8-17-18(9-15)21-12-20-17/h3-9,13,19H,10-12H2,1-2H3/p+1. The lowest BCUT2D eigenvalue weighted by Crippen LogP contribution is -2.80. The zero-order valence-electron chi connectivity index (χ0n) is 12.6. The smallest absolute Gasteiger partial charge is 0.231 e. The molecule has 0 atom stereocenters. The number of ether oxygens (including phenoxy) is 2. The molecule has 1 heterocycles. The molecule has 0 aromatic heterocycles. The lowest BCUT2D eigenvalue weighted by molar-refractivity contribution is -0.686. The number of rotatable bonds is 5. The molecule has 1 aliphatic heterocycles. The molecule has 0 amide bonds. The van der Waals surface area contributed by atoms with Gasteiger partial charge >= 0.3 is 0 Å². The van der Waals surface area contributed by atoms with Crippen molar-refractivity contribution in [3.05, 3.63) is 59.2 Å². The fourth-order valence-corrected chi connectivity index (χ4v) is 2.51. The second-order valence-electron chi connectivity index (χ2n) is 5.78. The molecule has 3 heteroatoms. The maximum absolute atomic E-state index is 5.40. The molecule has 3 nitrogen and oxygen atoms in total. The van der Waals surface area contributed by atoms with Crippen LogP contribution in [0.2, 0.25) is 0 Å². The first-order chi connectivity index (χ1) is 10.2. The van der Waals surface area contributed by atoms with Crippen molar-refractivity contribution in [1.82, 2.24) is 0 Å². The van der Waals surface area contributed by atoms with Crippen LogP contribution in [0.5, 0.6) is 11.5 Å². The minimum absolute atomic E-state index is 0.338. The molecule has 21 heavy (non-hydrogen) atoms. The first-order valence-corrected chi connectivity index (χ1v) is 7.51. The third kappa shape index (κ3) is 3.37. The maximum Gasteiger partial charge on any atom is 0.231 e. The van der Waals surface area contributed by atoms with E-state index in [1.165, 1.54) is 16.7 Å². The van der Waals surface area contributed by atoms with Gasteiger partial charge < -0.3 is 14.8 Å². The van der Waals surface area contributed by atoms with E-state index >= 15 is 0 Å². The van der Waals surface area contributed by atoms with Crippen LogP contribution >= 0.6 is 0 Å². The summed E-state index contributed by atoms with van der Waals surface area (Å²) >= 11 is 0. The van der Waals surface area contributed by atoms with E-state index in [9.17, 15) is 0 Å². The van der Waals surface area contributed by atoms with Crippen molar-refractivity contribution in [3.63, 3.8) is 0 Å². The molecule has 3 rings (SSSR count). The molecule has 2 aromatic rings. The number of benzene rings is 2. The van der Waals surface area contributed by atoms with Crippen LogP contribution in [-0.2, 0) is 13.1 Å². The first-order valence-electron chi connectivity index (χ1n) is 7.51. The largest absolute Gasteiger partial charge is 0.454 e. The Kier molecular flexibility index (Phi) is 4.11. The molecule has 110 valence electrons. The molecule has 0 fully saturated rings. The predicted molar refractivity (Wildman–Crippen MR) is 82.4 cm³/mol. The van der Waals surface area contributed by atoms with Gasteiger partial charge in [-0.15, -0.1) is 0 Å². The predicted octanol–water partition coefficient (Wildman–Crippen LogP) is 2.80. The van der Waals surface area contributed by atoms with Gasteiger partial charge in [0.25, 0.3) is 0 Å². The van der Waals surface area contributed by atoms with E-state index in [-0.39, 0.29) is 0 Å². The van der Waals surface area contributed by atoms with Crippen molar-refractivity contribution in [3.8, 4) is 11.5 Å². The van der Waals surface area contributed by atoms with Crippen molar-refractivity contribution >= 4 is 0 Å². The van der Waals surface area contributed by atoms with E-state index in [0.717, 1.165) is 24.6 Å². The second-order valence-corrected chi connectivity index (χ2v) is 5.78. The number of fused-ring (bicyclic) bond motifs is 1. The normalized spacial score (nSPS) is 12.9. The van der Waals surface area contributed by atoms with Crippen molar-refractivity contribution in [2.75, 3.05) is 6.79 Å². The van der Waals surface area contributed by atoms with Gasteiger partial charge in [-0.05, 0) is 29.7 Å². The highest BCUT2D eigenvalue weighted by molar-refractivity contribution is 5.44. The van der Waals surface area contributed by atoms with E-state index in [0.29, 0.717) is 12.7 Å². The molecule has 0 bridgehead atoms. The first kappa shape index (κ1) is 14.0. The fourth-order valence-electron chi connectivity index (χ4n) is 2.51. The highest BCUT2D eigenvalue weighted by atomic mass is 16.7. The van der Waals surface area contributed by atoms with Gasteiger partial charge in [-0.25, -0.2) is 0 Å². The summed E-state index contributed by atoms with van der Waals surface area (Å²) in [7, 11) is 0. The van der Waals surface area contributed by atoms with Gasteiger partial charge in [-0.3, -0.25) is 0 Å². The highest BCUT2D eigenvalue weighted by Crippen LogP contribution is 2.32. The third-order valence-electron chi connectivity index (χ3n) is 3.84. The second kappa shape index (κ2) is 6.19. The molecule has 0 spiro atoms. The summed E-state index contributed by atoms with van der Waals surface area (Å²) in [5, 5.41) is 2.31. The van der Waals surface area contributed by atoms with Gasteiger partial charge in [0.2, 0.25) is 6.79 Å². The molecule has 1 aliphatic rings. The number of hydrogen-bond donors (Lipinski definition) is 1. The Balaban J connectivity index is 1.54. The van der Waals surface area contributed by atoms with E-state index in [4.69, 9.17) is 9.47 Å². The van der Waals surface area contributed by atoms with Crippen LogP contribution in [-0.4, -0.2) is 6.79 Å². The Morgan fingerprint density at radius 1 is 0.905 bits per heavy atom. The van der Waals surface area contributed by atoms with Crippen LogP contribution in [0.1, 0.15) is 36.5 Å². The van der Waals surface area contributed by atoms with Crippen molar-refractivity contribution in [2.24, 2.45) is 0 Å². The highest BCUT2D eigenvalue weighted by Gasteiger charge is 2.13. The monoisotopic (exact) mass is 284 g/mol. The summed E-state index contributed by atoms with van der Waals surface area (Å²) < 4.78 is 10.7. The minimum atomic E-state index is 0.338. The van der Waals surface area contributed by atoms with E-state index in [1.807, 2.05) is 6.07 Å². The molecule has 0 saturated heterocycles. The average Bonchev–Trinajstić information content (AvgIpc) is 2.95. The van der Waals surface area contributed by atoms with Crippen LogP contribution in [0.3, 0.4) is 0 Å². The molecule has 0 saturated carbocycles. The Labute approximate surface area is 125 Å². The summed E-state index contributed by atoms with van der Waals surface area (Å²) in [6.45, 7) is 6.72. The van der Waals surface area contributed by atoms with E-state index in [2.05, 4.69) is 55.6 Å². The van der Waals surface area contributed by atoms with Gasteiger partial charge in [0, 0.05) is 11.1 Å². The van der Waals surface area contributed by atoms with Crippen LogP contribution in [0.4, 0.5) is 0 Å². The molecule has 2 aromatic carbocycles. The minimum Gasteiger partial charge on any atom is -0.454 e. The van der Waals surface area contributed by atoms with Crippen LogP contribution < -0.4 is 14.8 Å². The molecular weight excluding hydrogens is 262 g/mol. The molecule has 0 radical (unpaired) electrons. The van der Waals surface area contributed by atoms with Gasteiger partial charge in [0.15, 0.2) is 11.5 Å². The van der Waals surface area contributed by atoms with Gasteiger partial charge in [-0.2, -0.15) is 0 Å². The van der Waals surface area contributed by atoms with Gasteiger partial charge in [0.05, 0.1) is 0 Å². The van der Waals surface area contributed by atoms with Crippen molar-refractivity contribution < 1.29 is 14.8 Å². The Hall–Kier alpha value is -2.00. The summed E-state index contributed by atoms with van der Waals surface area (Å²) in [4.78, 5) is 0. The molecule has 0 unspecified atom stereocenters. The Morgan fingerprint density at radius 2 is 1.57 bits per heavy atom. The zero-order chi connectivity index (χ0) is 14.7. The average molecular weight is 284 g/mol. The lowest BCUT2D eigenvalue weighted by atomic mass is 10.0. The zero-order valence-corrected chi connectivity index (χ0v) is 12.6. The molecular formula is C18H22NO2+. The van der Waals surface area contributed by atoms with Crippen molar-refractivity contribution in [1.29, 1.82) is 0 Å². The van der Waals surface area contributed by atoms with Gasteiger partial charge in [0.1, 0.15) is 13.1 Å². The molecule has 2 N–H and O–H groups in total. The number of hydrogen-bond acceptors (Lipinski definition) is 2. The molecule has 0 aliphatic carbocycles. The Morgan fingerprint density at radius 3 is 2.33 bits per heavy atom.